The Hall–Kier alpha value is -2.74. The van der Waals surface area contributed by atoms with Crippen molar-refractivity contribution in [1.82, 2.24) is 4.98 Å². The largest absolute Gasteiger partial charge is 0.508 e. The third kappa shape index (κ3) is 2.13. The number of aromatic hydroxyl groups is 1. The van der Waals surface area contributed by atoms with Crippen molar-refractivity contribution in [3.05, 3.63) is 77.9 Å². The summed E-state index contributed by atoms with van der Waals surface area (Å²) in [6.45, 7) is 0. The molecule has 4 rings (SSSR count). The van der Waals surface area contributed by atoms with Gasteiger partial charge in [0.2, 0.25) is 0 Å². The summed E-state index contributed by atoms with van der Waals surface area (Å²) >= 11 is 0. The number of fused-ring (bicyclic) bond motifs is 3. The van der Waals surface area contributed by atoms with E-state index in [0.29, 0.717) is 5.75 Å². The monoisotopic (exact) mass is 287 g/mol. The van der Waals surface area contributed by atoms with E-state index in [-0.39, 0.29) is 0 Å². The van der Waals surface area contributed by atoms with Crippen molar-refractivity contribution in [2.45, 2.75) is 12.8 Å². The molecule has 2 heteroatoms. The Bertz CT molecular complexity index is 952. The number of H-pyrrole nitrogens is 1. The fourth-order valence-electron chi connectivity index (χ4n) is 3.13. The molecule has 0 radical (unpaired) electrons. The summed E-state index contributed by atoms with van der Waals surface area (Å²) in [6, 6.07) is 22.4. The van der Waals surface area contributed by atoms with Crippen LogP contribution in [-0.4, -0.2) is 10.1 Å². The van der Waals surface area contributed by atoms with Crippen LogP contribution in [0, 0.1) is 0 Å². The molecule has 0 unspecified atom stereocenters. The molecule has 0 aliphatic heterocycles. The number of hydrogen-bond acceptors (Lipinski definition) is 1. The molecular weight excluding hydrogens is 270 g/mol. The molecule has 1 aromatic heterocycles. The first-order valence-corrected chi connectivity index (χ1v) is 7.58. The maximum Gasteiger partial charge on any atom is 0.118 e. The minimum atomic E-state index is 0.381. The van der Waals surface area contributed by atoms with Crippen molar-refractivity contribution in [3.63, 3.8) is 0 Å². The van der Waals surface area contributed by atoms with Gasteiger partial charge in [0.25, 0.3) is 0 Å². The molecule has 0 spiro atoms. The van der Waals surface area contributed by atoms with Gasteiger partial charge in [0.1, 0.15) is 5.75 Å². The number of benzene rings is 3. The molecule has 0 saturated carbocycles. The summed E-state index contributed by atoms with van der Waals surface area (Å²) in [7, 11) is 0. The maximum atomic E-state index is 9.91. The molecule has 108 valence electrons. The molecule has 2 N–H and O–H groups in total. The Morgan fingerprint density at radius 3 is 2.27 bits per heavy atom. The molecular formula is C20H17NO. The number of hydrogen-bond donors (Lipinski definition) is 2. The van der Waals surface area contributed by atoms with Gasteiger partial charge in [0, 0.05) is 21.8 Å². The molecule has 0 bridgehead atoms. The summed E-state index contributed by atoms with van der Waals surface area (Å²) in [6.07, 6.45) is 1.74. The van der Waals surface area contributed by atoms with Gasteiger partial charge < -0.3 is 10.1 Å². The minimum absolute atomic E-state index is 0.381. The van der Waals surface area contributed by atoms with Crippen LogP contribution in [0.3, 0.4) is 0 Å². The number of phenols is 1. The zero-order valence-electron chi connectivity index (χ0n) is 12.2. The number of nitrogens with one attached hydrogen (secondary N) is 1. The van der Waals surface area contributed by atoms with E-state index in [9.17, 15) is 5.11 Å². The molecule has 0 aliphatic carbocycles. The van der Waals surface area contributed by atoms with E-state index in [1.165, 1.54) is 27.4 Å². The summed E-state index contributed by atoms with van der Waals surface area (Å²) in [5, 5.41) is 12.4. The Morgan fingerprint density at radius 2 is 1.36 bits per heavy atom. The maximum absolute atomic E-state index is 9.91. The van der Waals surface area contributed by atoms with Crippen LogP contribution in [0.1, 0.15) is 11.1 Å². The number of aromatic amines is 1. The van der Waals surface area contributed by atoms with Gasteiger partial charge in [-0.3, -0.25) is 0 Å². The highest BCUT2D eigenvalue weighted by molar-refractivity contribution is 6.08. The van der Waals surface area contributed by atoms with Gasteiger partial charge in [-0.25, -0.2) is 0 Å². The molecule has 2 nitrogen and oxygen atoms in total. The smallest absolute Gasteiger partial charge is 0.118 e. The van der Waals surface area contributed by atoms with E-state index in [1.807, 2.05) is 18.2 Å². The second kappa shape index (κ2) is 5.23. The second-order valence-electron chi connectivity index (χ2n) is 5.64. The molecule has 22 heavy (non-hydrogen) atoms. The topological polar surface area (TPSA) is 36.0 Å². The number of aromatic nitrogens is 1. The van der Waals surface area contributed by atoms with Crippen LogP contribution in [-0.2, 0) is 12.8 Å². The molecule has 1 heterocycles. The molecule has 0 aliphatic rings. The molecule has 0 amide bonds. The Kier molecular flexibility index (Phi) is 3.08. The van der Waals surface area contributed by atoms with Gasteiger partial charge in [-0.1, -0.05) is 54.6 Å². The van der Waals surface area contributed by atoms with Gasteiger partial charge in [0.05, 0.1) is 0 Å². The standard InChI is InChI=1S/C20H17NO/c22-19-11-4-1-6-14(19)12-13-15-7-5-9-17-16-8-2-3-10-18(16)21-20(15)17/h1-11,21-22H,12-13H2. The number of rotatable bonds is 3. The van der Waals surface area contributed by atoms with Gasteiger partial charge in [0.15, 0.2) is 0 Å². The van der Waals surface area contributed by atoms with E-state index in [4.69, 9.17) is 0 Å². The van der Waals surface area contributed by atoms with Crippen LogP contribution < -0.4 is 0 Å². The predicted molar refractivity (Wildman–Crippen MR) is 91.3 cm³/mol. The number of phenolic OH excluding ortho intramolecular Hbond substituents is 1. The average Bonchev–Trinajstić information content (AvgIpc) is 2.93. The van der Waals surface area contributed by atoms with E-state index in [2.05, 4.69) is 47.4 Å². The third-order valence-corrected chi connectivity index (χ3v) is 4.28. The highest BCUT2D eigenvalue weighted by Gasteiger charge is 2.08. The van der Waals surface area contributed by atoms with E-state index in [0.717, 1.165) is 18.4 Å². The van der Waals surface area contributed by atoms with Crippen LogP contribution in [0.2, 0.25) is 0 Å². The second-order valence-corrected chi connectivity index (χ2v) is 5.64. The van der Waals surface area contributed by atoms with Crippen LogP contribution in [0.15, 0.2) is 66.7 Å². The quantitative estimate of drug-likeness (QED) is 0.557. The molecule has 0 fully saturated rings. The first-order valence-electron chi connectivity index (χ1n) is 7.58. The fraction of sp³-hybridized carbons (Fsp3) is 0.100. The third-order valence-electron chi connectivity index (χ3n) is 4.28. The highest BCUT2D eigenvalue weighted by atomic mass is 16.3. The zero-order valence-corrected chi connectivity index (χ0v) is 12.2. The summed E-state index contributed by atoms with van der Waals surface area (Å²) in [5.41, 5.74) is 4.67. The summed E-state index contributed by atoms with van der Waals surface area (Å²) in [5.74, 6) is 0.381. The Balaban J connectivity index is 1.74. The Morgan fingerprint density at radius 1 is 0.682 bits per heavy atom. The van der Waals surface area contributed by atoms with Crippen LogP contribution in [0.5, 0.6) is 5.75 Å². The first-order chi connectivity index (χ1) is 10.8. The lowest BCUT2D eigenvalue weighted by atomic mass is 10.0. The summed E-state index contributed by atoms with van der Waals surface area (Å²) < 4.78 is 0. The van der Waals surface area contributed by atoms with Crippen molar-refractivity contribution in [2.75, 3.05) is 0 Å². The Labute approximate surface area is 129 Å². The zero-order chi connectivity index (χ0) is 14.9. The summed E-state index contributed by atoms with van der Waals surface area (Å²) in [4.78, 5) is 3.53. The van der Waals surface area contributed by atoms with E-state index >= 15 is 0 Å². The molecule has 4 aromatic rings. The van der Waals surface area contributed by atoms with Crippen molar-refractivity contribution in [1.29, 1.82) is 0 Å². The molecule has 0 saturated heterocycles. The lowest BCUT2D eigenvalue weighted by molar-refractivity contribution is 0.468. The number of aryl methyl sites for hydroxylation is 2. The van der Waals surface area contributed by atoms with E-state index in [1.54, 1.807) is 6.07 Å². The van der Waals surface area contributed by atoms with Gasteiger partial charge in [-0.05, 0) is 36.1 Å². The van der Waals surface area contributed by atoms with Crippen LogP contribution in [0.25, 0.3) is 21.8 Å². The van der Waals surface area contributed by atoms with Gasteiger partial charge in [-0.2, -0.15) is 0 Å². The van der Waals surface area contributed by atoms with Crippen molar-refractivity contribution >= 4 is 21.8 Å². The SMILES string of the molecule is Oc1ccccc1CCc1cccc2c1[nH]c1ccccc12. The lowest BCUT2D eigenvalue weighted by Crippen LogP contribution is -1.93. The van der Waals surface area contributed by atoms with Crippen LogP contribution in [0.4, 0.5) is 0 Å². The van der Waals surface area contributed by atoms with Gasteiger partial charge >= 0.3 is 0 Å². The van der Waals surface area contributed by atoms with Gasteiger partial charge in [-0.15, -0.1) is 0 Å². The highest BCUT2D eigenvalue weighted by Crippen LogP contribution is 2.28. The molecule has 3 aromatic carbocycles. The number of para-hydroxylation sites is 3. The van der Waals surface area contributed by atoms with Crippen molar-refractivity contribution in [2.24, 2.45) is 0 Å². The van der Waals surface area contributed by atoms with Crippen molar-refractivity contribution < 1.29 is 5.11 Å². The molecule has 0 atom stereocenters. The van der Waals surface area contributed by atoms with E-state index < -0.39 is 0 Å². The average molecular weight is 287 g/mol. The van der Waals surface area contributed by atoms with Crippen molar-refractivity contribution in [3.8, 4) is 5.75 Å². The fourth-order valence-corrected chi connectivity index (χ4v) is 3.13. The minimum Gasteiger partial charge on any atom is -0.508 e. The lowest BCUT2D eigenvalue weighted by Gasteiger charge is -2.06. The normalized spacial score (nSPS) is 11.3. The first kappa shape index (κ1) is 13.0. The van der Waals surface area contributed by atoms with Crippen LogP contribution >= 0.6 is 0 Å². The predicted octanol–water partition coefficient (Wildman–Crippen LogP) is 4.81.